The molecule has 0 aromatic rings. The summed E-state index contributed by atoms with van der Waals surface area (Å²) >= 11 is 5.38. The van der Waals surface area contributed by atoms with Crippen molar-refractivity contribution in [2.24, 2.45) is 0 Å². The van der Waals surface area contributed by atoms with Gasteiger partial charge in [-0.25, -0.2) is 4.79 Å². The van der Waals surface area contributed by atoms with Crippen LogP contribution in [0.15, 0.2) is 11.6 Å². The minimum absolute atomic E-state index is 0.489. The summed E-state index contributed by atoms with van der Waals surface area (Å²) in [7, 11) is 0.945. The zero-order chi connectivity index (χ0) is 13.1. The average molecular weight is 260 g/mol. The molecule has 8 heteroatoms. The van der Waals surface area contributed by atoms with Crippen molar-refractivity contribution < 1.29 is 27.5 Å². The number of halogens is 4. The van der Waals surface area contributed by atoms with Crippen LogP contribution in [0.5, 0.6) is 0 Å². The lowest BCUT2D eigenvalue weighted by Gasteiger charge is -2.27. The largest absolute Gasteiger partial charge is 0.471 e. The summed E-state index contributed by atoms with van der Waals surface area (Å²) in [6.07, 6.45) is -5.12. The van der Waals surface area contributed by atoms with Crippen molar-refractivity contribution in [3.05, 3.63) is 11.6 Å². The summed E-state index contributed by atoms with van der Waals surface area (Å²) in [5, 5.41) is 0.925. The van der Waals surface area contributed by atoms with E-state index in [4.69, 9.17) is 11.6 Å². The number of hydrogen-bond donors (Lipinski definition) is 1. The highest BCUT2D eigenvalue weighted by Crippen LogP contribution is 2.23. The molecule has 1 amide bonds. The van der Waals surface area contributed by atoms with E-state index in [1.165, 1.54) is 5.32 Å². The van der Waals surface area contributed by atoms with Crippen LogP contribution < -0.4 is 5.32 Å². The molecular formula is C8H9ClF3NO3. The first-order chi connectivity index (χ1) is 7.05. The summed E-state index contributed by atoms with van der Waals surface area (Å²) in [4.78, 5) is 21.8. The monoisotopic (exact) mass is 259 g/mol. The van der Waals surface area contributed by atoms with E-state index in [9.17, 15) is 22.8 Å². The Labute approximate surface area is 94.4 Å². The molecule has 0 unspecified atom stereocenters. The van der Waals surface area contributed by atoms with Gasteiger partial charge in [0.2, 0.25) is 0 Å². The van der Waals surface area contributed by atoms with Gasteiger partial charge in [0.25, 0.3) is 0 Å². The Hall–Kier alpha value is -1.24. The molecule has 0 saturated heterocycles. The van der Waals surface area contributed by atoms with E-state index < -0.39 is 28.6 Å². The van der Waals surface area contributed by atoms with Crippen molar-refractivity contribution in [3.63, 3.8) is 0 Å². The molecule has 16 heavy (non-hydrogen) atoms. The normalized spacial score (nSPS) is 14.9. The Morgan fingerprint density at radius 2 is 1.81 bits per heavy atom. The Kier molecular flexibility index (Phi) is 4.36. The minimum Gasteiger partial charge on any atom is -0.467 e. The molecule has 0 aliphatic heterocycles. The fourth-order valence-corrected chi connectivity index (χ4v) is 0.856. The van der Waals surface area contributed by atoms with Gasteiger partial charge in [0.1, 0.15) is 0 Å². The SMILES string of the molecule is C=C(Cl)[C@](C)(NC(=O)C(F)(F)F)C(=O)OC. The van der Waals surface area contributed by atoms with Gasteiger partial charge >= 0.3 is 18.1 Å². The molecule has 92 valence electrons. The van der Waals surface area contributed by atoms with E-state index in [0.29, 0.717) is 0 Å². The molecule has 0 rings (SSSR count). The topological polar surface area (TPSA) is 55.4 Å². The third-order valence-corrected chi connectivity index (χ3v) is 2.14. The van der Waals surface area contributed by atoms with Crippen LogP contribution >= 0.6 is 11.6 Å². The number of amides is 1. The number of esters is 1. The smallest absolute Gasteiger partial charge is 0.467 e. The van der Waals surface area contributed by atoms with Gasteiger partial charge < -0.3 is 10.1 Å². The first-order valence-corrected chi connectivity index (χ1v) is 4.26. The van der Waals surface area contributed by atoms with Crippen LogP contribution in [0.3, 0.4) is 0 Å². The Balaban J connectivity index is 5.06. The number of nitrogens with one attached hydrogen (secondary N) is 1. The number of ether oxygens (including phenoxy) is 1. The second kappa shape index (κ2) is 4.73. The lowest BCUT2D eigenvalue weighted by atomic mass is 10.0. The fraction of sp³-hybridized carbons (Fsp3) is 0.500. The van der Waals surface area contributed by atoms with E-state index >= 15 is 0 Å². The molecule has 0 bridgehead atoms. The second-order valence-corrected chi connectivity index (χ2v) is 3.43. The molecule has 1 N–H and O–H groups in total. The molecule has 0 aliphatic rings. The summed E-state index contributed by atoms with van der Waals surface area (Å²) in [5.74, 6) is -3.45. The Morgan fingerprint density at radius 3 is 2.06 bits per heavy atom. The molecule has 0 spiro atoms. The molecule has 0 radical (unpaired) electrons. The molecule has 0 heterocycles. The number of methoxy groups -OCH3 is 1. The number of rotatable bonds is 3. The molecule has 0 aliphatic carbocycles. The van der Waals surface area contributed by atoms with Crippen LogP contribution in [-0.4, -0.2) is 30.7 Å². The molecule has 0 saturated carbocycles. The Morgan fingerprint density at radius 1 is 1.38 bits per heavy atom. The highest BCUT2D eigenvalue weighted by molar-refractivity contribution is 6.32. The summed E-state index contributed by atoms with van der Waals surface area (Å²) < 4.78 is 40.1. The first-order valence-electron chi connectivity index (χ1n) is 3.88. The van der Waals surface area contributed by atoms with Crippen molar-refractivity contribution in [2.45, 2.75) is 18.6 Å². The third kappa shape index (κ3) is 3.13. The van der Waals surface area contributed by atoms with E-state index in [0.717, 1.165) is 14.0 Å². The summed E-state index contributed by atoms with van der Waals surface area (Å²) in [5.41, 5.74) is -2.12. The molecule has 0 aromatic carbocycles. The van der Waals surface area contributed by atoms with Crippen LogP contribution in [-0.2, 0) is 14.3 Å². The molecule has 0 aromatic heterocycles. The number of carbonyl (C=O) groups excluding carboxylic acids is 2. The predicted molar refractivity (Wildman–Crippen MR) is 49.6 cm³/mol. The van der Waals surface area contributed by atoms with Gasteiger partial charge in [0, 0.05) is 5.03 Å². The van der Waals surface area contributed by atoms with Crippen molar-refractivity contribution >= 4 is 23.5 Å². The maximum absolute atomic E-state index is 12.0. The predicted octanol–water partition coefficient (Wildman–Crippen LogP) is 1.35. The van der Waals surface area contributed by atoms with Gasteiger partial charge in [0.05, 0.1) is 7.11 Å². The van der Waals surface area contributed by atoms with E-state index in [1.807, 2.05) is 0 Å². The van der Waals surface area contributed by atoms with Crippen LogP contribution in [0.25, 0.3) is 0 Å². The first kappa shape index (κ1) is 14.8. The van der Waals surface area contributed by atoms with Crippen LogP contribution in [0, 0.1) is 0 Å². The van der Waals surface area contributed by atoms with Crippen molar-refractivity contribution in [3.8, 4) is 0 Å². The van der Waals surface area contributed by atoms with E-state index in [-0.39, 0.29) is 0 Å². The molecular weight excluding hydrogens is 251 g/mol. The highest BCUT2D eigenvalue weighted by Gasteiger charge is 2.47. The lowest BCUT2D eigenvalue weighted by Crippen LogP contribution is -2.56. The zero-order valence-electron chi connectivity index (χ0n) is 8.44. The summed E-state index contributed by atoms with van der Waals surface area (Å²) in [6, 6.07) is 0. The van der Waals surface area contributed by atoms with Gasteiger partial charge in [-0.3, -0.25) is 4.79 Å². The zero-order valence-corrected chi connectivity index (χ0v) is 9.20. The third-order valence-electron chi connectivity index (χ3n) is 1.76. The van der Waals surface area contributed by atoms with Crippen molar-refractivity contribution in [1.82, 2.24) is 5.32 Å². The maximum atomic E-state index is 12.0. The highest BCUT2D eigenvalue weighted by atomic mass is 35.5. The van der Waals surface area contributed by atoms with Gasteiger partial charge in [-0.2, -0.15) is 13.2 Å². The van der Waals surface area contributed by atoms with E-state index in [2.05, 4.69) is 11.3 Å². The Bertz CT molecular complexity index is 329. The minimum atomic E-state index is -5.12. The molecule has 0 fully saturated rings. The molecule has 1 atom stereocenters. The fourth-order valence-electron chi connectivity index (χ4n) is 0.732. The van der Waals surface area contributed by atoms with Crippen LogP contribution in [0.2, 0.25) is 0 Å². The van der Waals surface area contributed by atoms with Gasteiger partial charge in [0.15, 0.2) is 5.54 Å². The number of alkyl halides is 3. The van der Waals surface area contributed by atoms with Gasteiger partial charge in [-0.05, 0) is 6.92 Å². The van der Waals surface area contributed by atoms with Crippen molar-refractivity contribution in [1.29, 1.82) is 0 Å². The average Bonchev–Trinajstić information content (AvgIpc) is 2.14. The van der Waals surface area contributed by atoms with Crippen molar-refractivity contribution in [2.75, 3.05) is 7.11 Å². The van der Waals surface area contributed by atoms with Gasteiger partial charge in [-0.1, -0.05) is 18.2 Å². The van der Waals surface area contributed by atoms with Crippen LogP contribution in [0.4, 0.5) is 13.2 Å². The maximum Gasteiger partial charge on any atom is 0.471 e. The number of hydrogen-bond acceptors (Lipinski definition) is 3. The second-order valence-electron chi connectivity index (χ2n) is 2.97. The quantitative estimate of drug-likeness (QED) is 0.779. The summed E-state index contributed by atoms with van der Waals surface area (Å²) in [6.45, 7) is 4.07. The standard InChI is InChI=1S/C8H9ClF3NO3/c1-4(9)7(2,6(15)16-3)13-5(14)8(10,11)12/h1H2,2-3H3,(H,13,14)/t7-/m0/s1. The number of carbonyl (C=O) groups is 2. The lowest BCUT2D eigenvalue weighted by molar-refractivity contribution is -0.176. The van der Waals surface area contributed by atoms with Gasteiger partial charge in [-0.15, -0.1) is 0 Å². The van der Waals surface area contributed by atoms with Crippen LogP contribution in [0.1, 0.15) is 6.92 Å². The van der Waals surface area contributed by atoms with E-state index in [1.54, 1.807) is 0 Å². The molecule has 4 nitrogen and oxygen atoms in total.